The second-order valence-corrected chi connectivity index (χ2v) is 5.52. The number of benzene rings is 1. The van der Waals surface area contributed by atoms with E-state index in [9.17, 15) is 4.79 Å². The number of nitrogens with one attached hydrogen (secondary N) is 2. The molecule has 1 amide bonds. The molecule has 0 radical (unpaired) electrons. The van der Waals surface area contributed by atoms with Crippen molar-refractivity contribution in [2.45, 2.75) is 39.2 Å². The van der Waals surface area contributed by atoms with E-state index in [2.05, 4.69) is 17.7 Å². The fourth-order valence-electron chi connectivity index (χ4n) is 2.83. The van der Waals surface area contributed by atoms with Crippen LogP contribution in [0, 0.1) is 5.41 Å². The molecule has 0 spiro atoms. The molecule has 1 aliphatic heterocycles. The molecule has 1 unspecified atom stereocenters. The van der Waals surface area contributed by atoms with Gasteiger partial charge in [0.1, 0.15) is 0 Å². The Kier molecular flexibility index (Phi) is 5.56. The van der Waals surface area contributed by atoms with E-state index >= 15 is 0 Å². The highest BCUT2D eigenvalue weighted by atomic mass is 16.6. The minimum Gasteiger partial charge on any atom is -0.316 e. The molecule has 4 nitrogen and oxygen atoms in total. The van der Waals surface area contributed by atoms with Gasteiger partial charge in [0.2, 0.25) is 0 Å². The maximum Gasteiger partial charge on any atom is 0.251 e. The fourth-order valence-corrected chi connectivity index (χ4v) is 2.83. The number of hydrogen-bond acceptors (Lipinski definition) is 3. The van der Waals surface area contributed by atoms with Crippen molar-refractivity contribution in [3.63, 3.8) is 0 Å². The van der Waals surface area contributed by atoms with E-state index in [0.29, 0.717) is 6.61 Å². The van der Waals surface area contributed by atoms with Crippen LogP contribution < -0.4 is 10.8 Å². The summed E-state index contributed by atoms with van der Waals surface area (Å²) in [6, 6.07) is 9.85. The highest BCUT2D eigenvalue weighted by Crippen LogP contribution is 2.31. The minimum absolute atomic E-state index is 0.0162. The average molecular weight is 276 g/mol. The van der Waals surface area contributed by atoms with Crippen molar-refractivity contribution in [3.05, 3.63) is 35.9 Å². The molecule has 1 aromatic rings. The quantitative estimate of drug-likeness (QED) is 0.784. The number of carbonyl (C=O) groups excluding carboxylic acids is 1. The van der Waals surface area contributed by atoms with Crippen LogP contribution in [0.5, 0.6) is 0 Å². The second-order valence-electron chi connectivity index (χ2n) is 5.52. The van der Waals surface area contributed by atoms with Gasteiger partial charge in [-0.05, 0) is 31.4 Å². The molecular weight excluding hydrogens is 252 g/mol. The average Bonchev–Trinajstić information content (AvgIpc) is 2.49. The van der Waals surface area contributed by atoms with E-state index in [1.54, 1.807) is 0 Å². The van der Waals surface area contributed by atoms with E-state index in [1.165, 1.54) is 0 Å². The lowest BCUT2D eigenvalue weighted by molar-refractivity contribution is -0.147. The lowest BCUT2D eigenvalue weighted by Crippen LogP contribution is -2.50. The van der Waals surface area contributed by atoms with Crippen LogP contribution in [-0.2, 0) is 16.2 Å². The van der Waals surface area contributed by atoms with Crippen molar-refractivity contribution in [1.29, 1.82) is 0 Å². The molecule has 0 aromatic heterocycles. The molecule has 2 rings (SSSR count). The predicted octanol–water partition coefficient (Wildman–Crippen LogP) is 2.40. The first kappa shape index (κ1) is 15.0. The Morgan fingerprint density at radius 3 is 2.85 bits per heavy atom. The molecule has 0 aliphatic carbocycles. The Morgan fingerprint density at radius 1 is 1.40 bits per heavy atom. The Morgan fingerprint density at radius 2 is 2.20 bits per heavy atom. The Labute approximate surface area is 120 Å². The molecule has 1 fully saturated rings. The summed E-state index contributed by atoms with van der Waals surface area (Å²) in [5.41, 5.74) is 3.40. The number of hydrogen-bond donors (Lipinski definition) is 2. The van der Waals surface area contributed by atoms with Gasteiger partial charge in [-0.15, -0.1) is 0 Å². The van der Waals surface area contributed by atoms with Crippen LogP contribution >= 0.6 is 0 Å². The van der Waals surface area contributed by atoms with Gasteiger partial charge in [0.15, 0.2) is 0 Å². The van der Waals surface area contributed by atoms with E-state index in [1.807, 2.05) is 30.3 Å². The molecule has 1 aromatic carbocycles. The summed E-state index contributed by atoms with van der Waals surface area (Å²) in [7, 11) is 0. The molecule has 20 heavy (non-hydrogen) atoms. The predicted molar refractivity (Wildman–Crippen MR) is 78.8 cm³/mol. The molecular formula is C16H24N2O2. The number of piperidine rings is 1. The number of rotatable bonds is 6. The van der Waals surface area contributed by atoms with Crippen molar-refractivity contribution in [2.75, 3.05) is 13.1 Å². The first-order chi connectivity index (χ1) is 9.77. The summed E-state index contributed by atoms with van der Waals surface area (Å²) in [4.78, 5) is 17.8. The molecule has 110 valence electrons. The van der Waals surface area contributed by atoms with Crippen LogP contribution in [0.15, 0.2) is 30.3 Å². The molecule has 1 heterocycles. The standard InChI is InChI=1S/C16H24N2O2/c1-2-9-16(10-6-11-17-13-16)15(19)18-20-12-14-7-4-3-5-8-14/h3-5,7-8,17H,2,6,9-13H2,1H3,(H,18,19). The van der Waals surface area contributed by atoms with Gasteiger partial charge in [0.05, 0.1) is 12.0 Å². The van der Waals surface area contributed by atoms with Gasteiger partial charge in [0, 0.05) is 6.54 Å². The summed E-state index contributed by atoms with van der Waals surface area (Å²) in [5.74, 6) is 0.0162. The number of amides is 1. The summed E-state index contributed by atoms with van der Waals surface area (Å²) in [5, 5.41) is 3.33. The minimum atomic E-state index is -0.302. The van der Waals surface area contributed by atoms with Crippen LogP contribution in [0.3, 0.4) is 0 Å². The van der Waals surface area contributed by atoms with Gasteiger partial charge in [0.25, 0.3) is 5.91 Å². The van der Waals surface area contributed by atoms with Crippen molar-refractivity contribution in [3.8, 4) is 0 Å². The van der Waals surface area contributed by atoms with E-state index in [0.717, 1.165) is 44.3 Å². The number of carbonyl (C=O) groups is 1. The van der Waals surface area contributed by atoms with Crippen LogP contribution in [-0.4, -0.2) is 19.0 Å². The molecule has 1 aliphatic rings. The highest BCUT2D eigenvalue weighted by molar-refractivity contribution is 5.82. The van der Waals surface area contributed by atoms with Gasteiger partial charge in [-0.2, -0.15) is 0 Å². The molecule has 1 atom stereocenters. The monoisotopic (exact) mass is 276 g/mol. The smallest absolute Gasteiger partial charge is 0.251 e. The Hall–Kier alpha value is -1.39. The molecule has 2 N–H and O–H groups in total. The molecule has 0 bridgehead atoms. The van der Waals surface area contributed by atoms with Crippen LogP contribution in [0.4, 0.5) is 0 Å². The lowest BCUT2D eigenvalue weighted by Gasteiger charge is -2.35. The number of hydroxylamine groups is 1. The van der Waals surface area contributed by atoms with E-state index < -0.39 is 0 Å². The van der Waals surface area contributed by atoms with Crippen molar-refractivity contribution in [2.24, 2.45) is 5.41 Å². The molecule has 4 heteroatoms. The first-order valence-electron chi connectivity index (χ1n) is 7.44. The zero-order valence-electron chi connectivity index (χ0n) is 12.2. The van der Waals surface area contributed by atoms with Gasteiger partial charge >= 0.3 is 0 Å². The second kappa shape index (κ2) is 7.41. The summed E-state index contributed by atoms with van der Waals surface area (Å²) in [6.07, 6.45) is 3.90. The summed E-state index contributed by atoms with van der Waals surface area (Å²) in [6.45, 7) is 4.28. The normalized spacial score (nSPS) is 22.4. The fraction of sp³-hybridized carbons (Fsp3) is 0.562. The van der Waals surface area contributed by atoms with Crippen molar-refractivity contribution >= 4 is 5.91 Å². The van der Waals surface area contributed by atoms with Gasteiger partial charge < -0.3 is 5.32 Å². The SMILES string of the molecule is CCCC1(C(=O)NOCc2ccccc2)CCCNC1. The van der Waals surface area contributed by atoms with Crippen LogP contribution in [0.25, 0.3) is 0 Å². The molecule has 1 saturated heterocycles. The highest BCUT2D eigenvalue weighted by Gasteiger charge is 2.38. The maximum absolute atomic E-state index is 12.4. The third kappa shape index (κ3) is 3.81. The Bertz CT molecular complexity index is 408. The third-order valence-electron chi connectivity index (χ3n) is 3.93. The van der Waals surface area contributed by atoms with Gasteiger partial charge in [-0.25, -0.2) is 5.48 Å². The van der Waals surface area contributed by atoms with E-state index in [-0.39, 0.29) is 11.3 Å². The third-order valence-corrected chi connectivity index (χ3v) is 3.93. The van der Waals surface area contributed by atoms with E-state index in [4.69, 9.17) is 4.84 Å². The summed E-state index contributed by atoms with van der Waals surface area (Å²) < 4.78 is 0. The summed E-state index contributed by atoms with van der Waals surface area (Å²) >= 11 is 0. The zero-order chi connectivity index (χ0) is 14.3. The van der Waals surface area contributed by atoms with Crippen LogP contribution in [0.2, 0.25) is 0 Å². The van der Waals surface area contributed by atoms with Gasteiger partial charge in [-0.3, -0.25) is 9.63 Å². The van der Waals surface area contributed by atoms with Crippen LogP contribution in [0.1, 0.15) is 38.2 Å². The van der Waals surface area contributed by atoms with Crippen molar-refractivity contribution < 1.29 is 9.63 Å². The maximum atomic E-state index is 12.4. The first-order valence-corrected chi connectivity index (χ1v) is 7.44. The van der Waals surface area contributed by atoms with Crippen molar-refractivity contribution in [1.82, 2.24) is 10.8 Å². The largest absolute Gasteiger partial charge is 0.316 e. The molecule has 0 saturated carbocycles. The zero-order valence-corrected chi connectivity index (χ0v) is 12.2. The lowest BCUT2D eigenvalue weighted by atomic mass is 9.76. The Balaban J connectivity index is 1.85. The van der Waals surface area contributed by atoms with Gasteiger partial charge in [-0.1, -0.05) is 43.7 Å². The topological polar surface area (TPSA) is 50.4 Å².